The molecule has 1 unspecified atom stereocenters. The Morgan fingerprint density at radius 1 is 1.52 bits per heavy atom. The molecule has 0 bridgehead atoms. The lowest BCUT2D eigenvalue weighted by atomic mass is 9.89. The number of carbonyl (C=O) groups is 1. The van der Waals surface area contributed by atoms with Crippen LogP contribution >= 0.6 is 11.3 Å². The van der Waals surface area contributed by atoms with Gasteiger partial charge in [-0.2, -0.15) is 5.26 Å². The van der Waals surface area contributed by atoms with Gasteiger partial charge in [-0.05, 0) is 24.6 Å². The second-order valence-electron chi connectivity index (χ2n) is 6.78. The van der Waals surface area contributed by atoms with Crippen LogP contribution in [0.25, 0.3) is 10.2 Å². The Morgan fingerprint density at radius 3 is 3.04 bits per heavy atom. The topological polar surface area (TPSA) is 75.5 Å². The van der Waals surface area contributed by atoms with E-state index in [0.717, 1.165) is 27.3 Å². The van der Waals surface area contributed by atoms with Gasteiger partial charge >= 0.3 is 6.09 Å². The summed E-state index contributed by atoms with van der Waals surface area (Å²) in [5, 5.41) is 9.84. The van der Waals surface area contributed by atoms with Crippen LogP contribution in [0.15, 0.2) is 18.2 Å². The number of hydrogen-bond donors (Lipinski definition) is 0. The average Bonchev–Trinajstić information content (AvgIpc) is 3.16. The van der Waals surface area contributed by atoms with Gasteiger partial charge < -0.3 is 9.47 Å². The number of amides is 1. The van der Waals surface area contributed by atoms with Crippen molar-refractivity contribution >= 4 is 33.3 Å². The van der Waals surface area contributed by atoms with Crippen molar-refractivity contribution in [1.29, 1.82) is 5.26 Å². The monoisotopic (exact) mass is 359 g/mol. The van der Waals surface area contributed by atoms with Gasteiger partial charge in [0.15, 0.2) is 0 Å². The Labute approximate surface area is 151 Å². The number of thiazole rings is 1. The fourth-order valence-electron chi connectivity index (χ4n) is 2.85. The Hall–Kier alpha value is -2.17. The first-order valence-corrected chi connectivity index (χ1v) is 9.01. The normalized spacial score (nSPS) is 17.8. The molecule has 1 aromatic carbocycles. The minimum Gasteiger partial charge on any atom is -0.441 e. The lowest BCUT2D eigenvalue weighted by Crippen LogP contribution is -2.25. The van der Waals surface area contributed by atoms with E-state index in [9.17, 15) is 4.79 Å². The number of ether oxygens (including phenoxy) is 2. The summed E-state index contributed by atoms with van der Waals surface area (Å²) < 4.78 is 11.4. The molecule has 1 amide bonds. The number of nitrogens with zero attached hydrogens (tertiary/aromatic N) is 3. The van der Waals surface area contributed by atoms with E-state index in [2.05, 4.69) is 19.9 Å². The van der Waals surface area contributed by atoms with Crippen LogP contribution in [-0.2, 0) is 14.9 Å². The van der Waals surface area contributed by atoms with E-state index >= 15 is 0 Å². The summed E-state index contributed by atoms with van der Waals surface area (Å²) in [6, 6.07) is 8.01. The third kappa shape index (κ3) is 3.60. The minimum atomic E-state index is -0.347. The van der Waals surface area contributed by atoms with Crippen LogP contribution in [0, 0.1) is 11.3 Å². The molecule has 7 heteroatoms. The number of rotatable bonds is 6. The maximum atomic E-state index is 12.1. The Balaban J connectivity index is 1.86. The number of hydrogen-bond acceptors (Lipinski definition) is 6. The molecule has 6 nitrogen and oxygen atoms in total. The van der Waals surface area contributed by atoms with Gasteiger partial charge in [-0.25, -0.2) is 9.78 Å². The molecular weight excluding hydrogens is 338 g/mol. The van der Waals surface area contributed by atoms with Gasteiger partial charge in [0, 0.05) is 24.6 Å². The smallest absolute Gasteiger partial charge is 0.414 e. The SMILES string of the molecule is COCC1CN(c2ccc3nc(C(C)(C)CCC#N)sc3c2)C(=O)O1. The van der Waals surface area contributed by atoms with E-state index in [1.165, 1.54) is 0 Å². The van der Waals surface area contributed by atoms with Crippen LogP contribution in [-0.4, -0.2) is 37.4 Å². The molecule has 0 radical (unpaired) electrons. The maximum Gasteiger partial charge on any atom is 0.414 e. The standard InChI is InChI=1S/C18H21N3O3S/c1-18(2,7-4-8-19)16-20-14-6-5-12(9-15(14)25-16)21-10-13(11-23-3)24-17(21)22/h5-6,9,13H,4,7,10-11H2,1-3H3. The third-order valence-corrected chi connectivity index (χ3v) is 5.74. The number of nitriles is 1. The van der Waals surface area contributed by atoms with Gasteiger partial charge in [0.05, 0.1) is 34.4 Å². The molecule has 1 aromatic heterocycles. The third-order valence-electron chi connectivity index (χ3n) is 4.35. The molecular formula is C18H21N3O3S. The summed E-state index contributed by atoms with van der Waals surface area (Å²) in [4.78, 5) is 18.4. The summed E-state index contributed by atoms with van der Waals surface area (Å²) in [5.41, 5.74) is 1.58. The number of methoxy groups -OCH3 is 1. The summed E-state index contributed by atoms with van der Waals surface area (Å²) in [5.74, 6) is 0. The van der Waals surface area contributed by atoms with Gasteiger partial charge in [0.25, 0.3) is 0 Å². The Kier molecular flexibility index (Phi) is 4.93. The quantitative estimate of drug-likeness (QED) is 0.783. The molecule has 3 rings (SSSR count). The summed E-state index contributed by atoms with van der Waals surface area (Å²) in [7, 11) is 1.59. The predicted molar refractivity (Wildman–Crippen MR) is 97.0 cm³/mol. The molecule has 1 fully saturated rings. The van der Waals surface area contributed by atoms with E-state index in [0.29, 0.717) is 19.6 Å². The highest BCUT2D eigenvalue weighted by Gasteiger charge is 2.32. The van der Waals surface area contributed by atoms with Gasteiger partial charge in [-0.1, -0.05) is 13.8 Å². The van der Waals surface area contributed by atoms with E-state index in [1.54, 1.807) is 23.3 Å². The van der Waals surface area contributed by atoms with Crippen molar-refractivity contribution in [2.45, 2.75) is 38.2 Å². The molecule has 132 valence electrons. The molecule has 0 saturated carbocycles. The van der Waals surface area contributed by atoms with Crippen molar-refractivity contribution in [3.05, 3.63) is 23.2 Å². The minimum absolute atomic E-state index is 0.143. The van der Waals surface area contributed by atoms with Crippen LogP contribution < -0.4 is 4.90 Å². The molecule has 0 spiro atoms. The number of benzene rings is 1. The van der Waals surface area contributed by atoms with Crippen LogP contribution in [0.5, 0.6) is 0 Å². The number of cyclic esters (lactones) is 1. The molecule has 2 aromatic rings. The summed E-state index contributed by atoms with van der Waals surface area (Å²) in [6.45, 7) is 5.09. The molecule has 1 saturated heterocycles. The first-order chi connectivity index (χ1) is 11.9. The lowest BCUT2D eigenvalue weighted by molar-refractivity contribution is 0.0718. The number of aromatic nitrogens is 1. The Bertz CT molecular complexity index is 825. The maximum absolute atomic E-state index is 12.1. The van der Waals surface area contributed by atoms with E-state index in [-0.39, 0.29) is 17.6 Å². The number of anilines is 1. The highest BCUT2D eigenvalue weighted by Crippen LogP contribution is 2.36. The molecule has 1 aliphatic rings. The zero-order valence-corrected chi connectivity index (χ0v) is 15.4. The largest absolute Gasteiger partial charge is 0.441 e. The van der Waals surface area contributed by atoms with Gasteiger partial charge in [0.2, 0.25) is 0 Å². The first-order valence-electron chi connectivity index (χ1n) is 8.20. The molecule has 0 aliphatic carbocycles. The second-order valence-corrected chi connectivity index (χ2v) is 7.82. The average molecular weight is 359 g/mol. The lowest BCUT2D eigenvalue weighted by Gasteiger charge is -2.19. The van der Waals surface area contributed by atoms with E-state index < -0.39 is 0 Å². The highest BCUT2D eigenvalue weighted by molar-refractivity contribution is 7.18. The van der Waals surface area contributed by atoms with Crippen molar-refractivity contribution in [2.75, 3.05) is 25.2 Å². The fraction of sp³-hybridized carbons (Fsp3) is 0.500. The Morgan fingerprint density at radius 2 is 2.32 bits per heavy atom. The van der Waals surface area contributed by atoms with Crippen LogP contribution in [0.1, 0.15) is 31.7 Å². The van der Waals surface area contributed by atoms with Crippen LogP contribution in [0.4, 0.5) is 10.5 Å². The van der Waals surface area contributed by atoms with E-state index in [4.69, 9.17) is 19.7 Å². The van der Waals surface area contributed by atoms with Crippen LogP contribution in [0.3, 0.4) is 0 Å². The molecule has 0 N–H and O–H groups in total. The van der Waals surface area contributed by atoms with Crippen molar-refractivity contribution in [3.63, 3.8) is 0 Å². The fourth-order valence-corrected chi connectivity index (χ4v) is 3.98. The van der Waals surface area contributed by atoms with Crippen molar-refractivity contribution < 1.29 is 14.3 Å². The predicted octanol–water partition coefficient (Wildman–Crippen LogP) is 3.85. The number of carbonyl (C=O) groups excluding carboxylic acids is 1. The van der Waals surface area contributed by atoms with Crippen LogP contribution in [0.2, 0.25) is 0 Å². The van der Waals surface area contributed by atoms with Crippen molar-refractivity contribution in [3.8, 4) is 6.07 Å². The zero-order chi connectivity index (χ0) is 18.0. The highest BCUT2D eigenvalue weighted by atomic mass is 32.1. The van der Waals surface area contributed by atoms with Crippen molar-refractivity contribution in [1.82, 2.24) is 4.98 Å². The molecule has 2 heterocycles. The number of fused-ring (bicyclic) bond motifs is 1. The van der Waals surface area contributed by atoms with E-state index in [1.807, 2.05) is 18.2 Å². The molecule has 25 heavy (non-hydrogen) atoms. The molecule has 1 aliphatic heterocycles. The first kappa shape index (κ1) is 17.6. The van der Waals surface area contributed by atoms with Gasteiger partial charge in [0.1, 0.15) is 6.10 Å². The van der Waals surface area contributed by atoms with Crippen molar-refractivity contribution in [2.24, 2.45) is 0 Å². The molecule has 1 atom stereocenters. The zero-order valence-electron chi connectivity index (χ0n) is 14.6. The summed E-state index contributed by atoms with van der Waals surface area (Å²) in [6.07, 6.45) is 0.692. The second kappa shape index (κ2) is 6.98. The van der Waals surface area contributed by atoms with Gasteiger partial charge in [-0.3, -0.25) is 4.90 Å². The summed E-state index contributed by atoms with van der Waals surface area (Å²) >= 11 is 1.62. The van der Waals surface area contributed by atoms with Gasteiger partial charge in [-0.15, -0.1) is 11.3 Å².